The minimum atomic E-state index is -0.311. The van der Waals surface area contributed by atoms with Gasteiger partial charge in [0.1, 0.15) is 0 Å². The van der Waals surface area contributed by atoms with Crippen molar-refractivity contribution in [3.63, 3.8) is 0 Å². The Labute approximate surface area is 168 Å². The first-order chi connectivity index (χ1) is 14.1. The number of hydrogen-bond donors (Lipinski definition) is 2. The van der Waals surface area contributed by atoms with E-state index in [1.807, 2.05) is 37.3 Å². The predicted molar refractivity (Wildman–Crippen MR) is 108 cm³/mol. The summed E-state index contributed by atoms with van der Waals surface area (Å²) in [6.07, 6.45) is 2.70. The Balaban J connectivity index is 1.42. The molecule has 3 aromatic rings. The molecule has 1 aromatic heterocycles. The molecule has 1 saturated carbocycles. The number of nitrogens with one attached hydrogen (secondary N) is 2. The van der Waals surface area contributed by atoms with Gasteiger partial charge in [-0.25, -0.2) is 0 Å². The Kier molecular flexibility index (Phi) is 5.33. The zero-order valence-corrected chi connectivity index (χ0v) is 16.1. The first-order valence-electron chi connectivity index (χ1n) is 9.71. The highest BCUT2D eigenvalue weighted by molar-refractivity contribution is 5.95. The maximum absolute atomic E-state index is 12.7. The van der Waals surface area contributed by atoms with E-state index in [-0.39, 0.29) is 29.6 Å². The summed E-state index contributed by atoms with van der Waals surface area (Å²) >= 11 is 0. The minimum absolute atomic E-state index is 0.0444. The smallest absolute Gasteiger partial charge is 0.293 e. The molecule has 1 atom stereocenters. The van der Waals surface area contributed by atoms with E-state index in [0.29, 0.717) is 17.8 Å². The van der Waals surface area contributed by atoms with Crippen LogP contribution in [0.15, 0.2) is 54.6 Å². The highest BCUT2D eigenvalue weighted by atomic mass is 16.2. The summed E-state index contributed by atoms with van der Waals surface area (Å²) < 4.78 is 0. The highest BCUT2D eigenvalue weighted by Gasteiger charge is 2.26. The molecule has 0 unspecified atom stereocenters. The van der Waals surface area contributed by atoms with Gasteiger partial charge < -0.3 is 10.6 Å². The van der Waals surface area contributed by atoms with Gasteiger partial charge in [-0.05, 0) is 54.3 Å². The van der Waals surface area contributed by atoms with E-state index < -0.39 is 0 Å². The third-order valence-electron chi connectivity index (χ3n) is 4.82. The Hall–Kier alpha value is -3.55. The molecule has 2 amide bonds. The SMILES string of the molecule is CC[C@H](C(=O)Nc1ccc(-n2nnc(C(=O)NC3CC3)n2)cc1)c1ccccc1. The fourth-order valence-corrected chi connectivity index (χ4v) is 3.06. The molecule has 1 fully saturated rings. The number of anilines is 1. The van der Waals surface area contributed by atoms with Crippen LogP contribution in [-0.2, 0) is 4.79 Å². The van der Waals surface area contributed by atoms with Crippen LogP contribution in [0.2, 0.25) is 0 Å². The molecule has 2 aromatic carbocycles. The maximum Gasteiger partial charge on any atom is 0.293 e. The molecule has 0 spiro atoms. The summed E-state index contributed by atoms with van der Waals surface area (Å²) in [7, 11) is 0. The highest BCUT2D eigenvalue weighted by Crippen LogP contribution is 2.22. The van der Waals surface area contributed by atoms with Crippen molar-refractivity contribution in [3.05, 3.63) is 66.0 Å². The van der Waals surface area contributed by atoms with Crippen LogP contribution in [0, 0.1) is 0 Å². The molecule has 0 saturated heterocycles. The molecule has 0 radical (unpaired) electrons. The Morgan fingerprint density at radius 2 is 1.83 bits per heavy atom. The molecule has 1 aliphatic carbocycles. The van der Waals surface area contributed by atoms with Gasteiger partial charge in [-0.2, -0.15) is 0 Å². The molecule has 4 rings (SSSR count). The molecular formula is C21H22N6O2. The Bertz CT molecular complexity index is 996. The normalized spacial score (nSPS) is 14.2. The quantitative estimate of drug-likeness (QED) is 0.646. The van der Waals surface area contributed by atoms with E-state index in [0.717, 1.165) is 18.4 Å². The van der Waals surface area contributed by atoms with E-state index in [1.165, 1.54) is 4.80 Å². The number of carbonyl (C=O) groups is 2. The van der Waals surface area contributed by atoms with Crippen molar-refractivity contribution in [1.82, 2.24) is 25.5 Å². The molecule has 148 valence electrons. The van der Waals surface area contributed by atoms with Crippen LogP contribution in [0.25, 0.3) is 5.69 Å². The zero-order valence-electron chi connectivity index (χ0n) is 16.1. The van der Waals surface area contributed by atoms with Gasteiger partial charge in [0.05, 0.1) is 11.6 Å². The van der Waals surface area contributed by atoms with E-state index in [4.69, 9.17) is 0 Å². The summed E-state index contributed by atoms with van der Waals surface area (Å²) in [6, 6.07) is 17.1. The lowest BCUT2D eigenvalue weighted by Gasteiger charge is -2.15. The van der Waals surface area contributed by atoms with E-state index in [9.17, 15) is 9.59 Å². The van der Waals surface area contributed by atoms with Crippen molar-refractivity contribution in [2.75, 3.05) is 5.32 Å². The molecule has 8 nitrogen and oxygen atoms in total. The summed E-state index contributed by atoms with van der Waals surface area (Å²) in [6.45, 7) is 1.99. The molecule has 29 heavy (non-hydrogen) atoms. The van der Waals surface area contributed by atoms with Gasteiger partial charge in [-0.15, -0.1) is 15.0 Å². The largest absolute Gasteiger partial charge is 0.346 e. The van der Waals surface area contributed by atoms with Crippen LogP contribution >= 0.6 is 0 Å². The second kappa shape index (κ2) is 8.22. The number of rotatable bonds is 7. The molecular weight excluding hydrogens is 368 g/mol. The Morgan fingerprint density at radius 3 is 2.48 bits per heavy atom. The number of benzene rings is 2. The first-order valence-corrected chi connectivity index (χ1v) is 9.71. The lowest BCUT2D eigenvalue weighted by Crippen LogP contribution is -2.26. The average molecular weight is 390 g/mol. The van der Waals surface area contributed by atoms with Gasteiger partial charge in [0.15, 0.2) is 0 Å². The molecule has 8 heteroatoms. The average Bonchev–Trinajstić information content (AvgIpc) is 3.41. The fourth-order valence-electron chi connectivity index (χ4n) is 3.06. The van der Waals surface area contributed by atoms with Gasteiger partial charge in [-0.3, -0.25) is 9.59 Å². The lowest BCUT2D eigenvalue weighted by atomic mass is 9.95. The van der Waals surface area contributed by atoms with Gasteiger partial charge in [-0.1, -0.05) is 37.3 Å². The maximum atomic E-state index is 12.7. The van der Waals surface area contributed by atoms with Gasteiger partial charge in [0.25, 0.3) is 11.7 Å². The molecule has 2 N–H and O–H groups in total. The van der Waals surface area contributed by atoms with Gasteiger partial charge in [0, 0.05) is 11.7 Å². The monoisotopic (exact) mass is 390 g/mol. The topological polar surface area (TPSA) is 102 Å². The van der Waals surface area contributed by atoms with Crippen LogP contribution in [0.4, 0.5) is 5.69 Å². The minimum Gasteiger partial charge on any atom is -0.346 e. The standard InChI is InChI=1S/C21H22N6O2/c1-2-18(14-6-4-3-5-7-14)20(28)22-16-10-12-17(13-11-16)27-25-19(24-26-27)21(29)23-15-8-9-15/h3-7,10-13,15,18H,2,8-9H2,1H3,(H,22,28)(H,23,29)/t18-/m0/s1. The third kappa shape index (κ3) is 4.48. The Morgan fingerprint density at radius 1 is 1.10 bits per heavy atom. The second-order valence-electron chi connectivity index (χ2n) is 7.06. The number of aromatic nitrogens is 4. The van der Waals surface area contributed by atoms with E-state index >= 15 is 0 Å². The van der Waals surface area contributed by atoms with Crippen LogP contribution in [-0.4, -0.2) is 38.1 Å². The van der Waals surface area contributed by atoms with Gasteiger partial charge in [0.2, 0.25) is 5.91 Å². The summed E-state index contributed by atoms with van der Waals surface area (Å²) in [5.74, 6) is -0.526. The summed E-state index contributed by atoms with van der Waals surface area (Å²) in [5.41, 5.74) is 2.32. The van der Waals surface area contributed by atoms with Crippen molar-refractivity contribution < 1.29 is 9.59 Å². The third-order valence-corrected chi connectivity index (χ3v) is 4.82. The van der Waals surface area contributed by atoms with Crippen LogP contribution in [0.3, 0.4) is 0 Å². The van der Waals surface area contributed by atoms with Crippen LogP contribution in [0.1, 0.15) is 48.3 Å². The number of hydrogen-bond acceptors (Lipinski definition) is 5. The molecule has 1 aliphatic rings. The second-order valence-corrected chi connectivity index (χ2v) is 7.06. The van der Waals surface area contributed by atoms with Crippen molar-refractivity contribution >= 4 is 17.5 Å². The van der Waals surface area contributed by atoms with Crippen LogP contribution < -0.4 is 10.6 Å². The summed E-state index contributed by atoms with van der Waals surface area (Å²) in [4.78, 5) is 26.0. The number of amides is 2. The van der Waals surface area contributed by atoms with Crippen molar-refractivity contribution in [1.29, 1.82) is 0 Å². The predicted octanol–water partition coefficient (Wildman–Crippen LogP) is 2.69. The molecule has 0 aliphatic heterocycles. The number of carbonyl (C=O) groups excluding carboxylic acids is 2. The van der Waals surface area contributed by atoms with E-state index in [1.54, 1.807) is 24.3 Å². The number of nitrogens with zero attached hydrogens (tertiary/aromatic N) is 4. The van der Waals surface area contributed by atoms with Crippen molar-refractivity contribution in [3.8, 4) is 5.69 Å². The van der Waals surface area contributed by atoms with E-state index in [2.05, 4.69) is 26.0 Å². The molecule has 1 heterocycles. The number of tetrazole rings is 1. The van der Waals surface area contributed by atoms with Crippen molar-refractivity contribution in [2.45, 2.75) is 38.1 Å². The van der Waals surface area contributed by atoms with Crippen molar-refractivity contribution in [2.24, 2.45) is 0 Å². The van der Waals surface area contributed by atoms with Gasteiger partial charge >= 0.3 is 0 Å². The lowest BCUT2D eigenvalue weighted by molar-refractivity contribution is -0.117. The fraction of sp³-hybridized carbons (Fsp3) is 0.286. The summed E-state index contributed by atoms with van der Waals surface area (Å²) in [5, 5.41) is 17.7. The molecule has 0 bridgehead atoms. The first kappa shape index (κ1) is 18.8. The zero-order chi connectivity index (χ0) is 20.2. The van der Waals surface area contributed by atoms with Crippen LogP contribution in [0.5, 0.6) is 0 Å².